The number of benzene rings is 3. The molecule has 0 aliphatic carbocycles. The van der Waals surface area contributed by atoms with Crippen molar-refractivity contribution >= 4 is 50.5 Å². The monoisotopic (exact) mass is 478 g/mol. The van der Waals surface area contributed by atoms with E-state index in [-0.39, 0.29) is 26.5 Å². The maximum absolute atomic E-state index is 13.2. The lowest BCUT2D eigenvalue weighted by Gasteiger charge is -2.30. The normalized spacial score (nSPS) is 13.6. The highest BCUT2D eigenvalue weighted by atomic mass is 35.5. The first-order valence-electron chi connectivity index (χ1n) is 9.43. The fourth-order valence-electron chi connectivity index (χ4n) is 3.49. The minimum absolute atomic E-state index is 0.0540. The number of sulfonamides is 1. The van der Waals surface area contributed by atoms with Gasteiger partial charge < -0.3 is 4.90 Å². The van der Waals surface area contributed by atoms with E-state index in [1.54, 1.807) is 29.2 Å². The first kappa shape index (κ1) is 21.6. The van der Waals surface area contributed by atoms with Gasteiger partial charge in [0, 0.05) is 17.8 Å². The minimum atomic E-state index is -3.92. The van der Waals surface area contributed by atoms with Crippen molar-refractivity contribution in [3.8, 4) is 0 Å². The van der Waals surface area contributed by atoms with Crippen LogP contribution in [0.2, 0.25) is 10.0 Å². The van der Waals surface area contributed by atoms with Gasteiger partial charge in [0.25, 0.3) is 15.9 Å². The van der Waals surface area contributed by atoms with Crippen molar-refractivity contribution < 1.29 is 17.6 Å². The number of carbonyl (C=O) groups is 1. The molecule has 0 atom stereocenters. The van der Waals surface area contributed by atoms with Crippen LogP contribution < -0.4 is 9.62 Å². The average Bonchev–Trinajstić information content (AvgIpc) is 2.76. The summed E-state index contributed by atoms with van der Waals surface area (Å²) < 4.78 is 41.4. The predicted molar refractivity (Wildman–Crippen MR) is 120 cm³/mol. The molecule has 1 N–H and O–H groups in total. The van der Waals surface area contributed by atoms with Crippen LogP contribution in [0.1, 0.15) is 22.3 Å². The number of fused-ring (bicyclic) bond motifs is 1. The van der Waals surface area contributed by atoms with Gasteiger partial charge in [-0.15, -0.1) is 0 Å². The van der Waals surface area contributed by atoms with Crippen molar-refractivity contribution in [1.82, 2.24) is 0 Å². The standard InChI is InChI=1S/C22H17Cl2FN2O3S/c23-18-4-1-5-19(21(18)24)26-31(29,30)17-10-11-20-15(13-17)3-2-12-27(20)22(28)14-6-8-16(25)9-7-14/h1,4-11,13,26H,2-3,12H2. The Balaban J connectivity index is 1.64. The van der Waals surface area contributed by atoms with Gasteiger partial charge in [0.1, 0.15) is 5.82 Å². The quantitative estimate of drug-likeness (QED) is 0.536. The number of aryl methyl sites for hydroxylation is 1. The lowest BCUT2D eigenvalue weighted by atomic mass is 10.0. The lowest BCUT2D eigenvalue weighted by molar-refractivity contribution is 0.0985. The number of halogens is 3. The number of carbonyl (C=O) groups excluding carboxylic acids is 1. The Kier molecular flexibility index (Phi) is 5.92. The summed E-state index contributed by atoms with van der Waals surface area (Å²) in [6.45, 7) is 0.492. The van der Waals surface area contributed by atoms with Crippen molar-refractivity contribution in [1.29, 1.82) is 0 Å². The Morgan fingerprint density at radius 3 is 2.52 bits per heavy atom. The van der Waals surface area contributed by atoms with E-state index in [0.29, 0.717) is 30.6 Å². The van der Waals surface area contributed by atoms with Crippen molar-refractivity contribution in [3.63, 3.8) is 0 Å². The van der Waals surface area contributed by atoms with E-state index in [2.05, 4.69) is 4.72 Å². The molecule has 160 valence electrons. The van der Waals surface area contributed by atoms with Crippen molar-refractivity contribution in [2.24, 2.45) is 0 Å². The number of rotatable bonds is 4. The van der Waals surface area contributed by atoms with Gasteiger partial charge in [-0.25, -0.2) is 12.8 Å². The Morgan fingerprint density at radius 1 is 1.03 bits per heavy atom. The molecule has 1 aliphatic rings. The number of anilines is 2. The molecule has 1 heterocycles. The van der Waals surface area contributed by atoms with Gasteiger partial charge >= 0.3 is 0 Å². The molecule has 0 saturated carbocycles. The number of hydrogen-bond acceptors (Lipinski definition) is 3. The van der Waals surface area contributed by atoms with E-state index >= 15 is 0 Å². The lowest BCUT2D eigenvalue weighted by Crippen LogP contribution is -2.35. The zero-order chi connectivity index (χ0) is 22.2. The molecule has 0 spiro atoms. The second-order valence-electron chi connectivity index (χ2n) is 7.06. The first-order chi connectivity index (χ1) is 14.8. The van der Waals surface area contributed by atoms with E-state index < -0.39 is 15.8 Å². The zero-order valence-electron chi connectivity index (χ0n) is 16.1. The number of amides is 1. The summed E-state index contributed by atoms with van der Waals surface area (Å²) >= 11 is 12.1. The molecule has 0 unspecified atom stereocenters. The maximum Gasteiger partial charge on any atom is 0.261 e. The number of nitrogens with one attached hydrogen (secondary N) is 1. The topological polar surface area (TPSA) is 66.5 Å². The highest BCUT2D eigenvalue weighted by molar-refractivity contribution is 7.92. The van der Waals surface area contributed by atoms with E-state index in [4.69, 9.17) is 23.2 Å². The Hall–Kier alpha value is -2.61. The van der Waals surface area contributed by atoms with Crippen LogP contribution in [0.15, 0.2) is 65.6 Å². The van der Waals surface area contributed by atoms with E-state index in [9.17, 15) is 17.6 Å². The molecular weight excluding hydrogens is 462 g/mol. The third-order valence-corrected chi connectivity index (χ3v) is 7.19. The number of nitrogens with zero attached hydrogens (tertiary/aromatic N) is 1. The second-order valence-corrected chi connectivity index (χ2v) is 9.53. The third kappa shape index (κ3) is 4.39. The summed E-state index contributed by atoms with van der Waals surface area (Å²) in [5.41, 5.74) is 1.92. The summed E-state index contributed by atoms with van der Waals surface area (Å²) in [5, 5.41) is 0.351. The summed E-state index contributed by atoms with van der Waals surface area (Å²) in [4.78, 5) is 14.6. The van der Waals surface area contributed by atoms with Crippen LogP contribution in [-0.4, -0.2) is 20.9 Å². The SMILES string of the molecule is O=C(c1ccc(F)cc1)N1CCCc2cc(S(=O)(=O)Nc3cccc(Cl)c3Cl)ccc21. The fourth-order valence-corrected chi connectivity index (χ4v) is 5.01. The predicted octanol–water partition coefficient (Wildman–Crippen LogP) is 5.53. The molecule has 0 saturated heterocycles. The van der Waals surface area contributed by atoms with Crippen LogP contribution in [0.5, 0.6) is 0 Å². The van der Waals surface area contributed by atoms with Gasteiger partial charge in [-0.1, -0.05) is 29.3 Å². The second kappa shape index (κ2) is 8.49. The number of hydrogen-bond donors (Lipinski definition) is 1. The first-order valence-corrected chi connectivity index (χ1v) is 11.7. The van der Waals surface area contributed by atoms with Crippen molar-refractivity contribution in [2.45, 2.75) is 17.7 Å². The van der Waals surface area contributed by atoms with Gasteiger partial charge in [0.2, 0.25) is 0 Å². The maximum atomic E-state index is 13.2. The van der Waals surface area contributed by atoms with Crippen molar-refractivity contribution in [3.05, 3.63) is 87.7 Å². The van der Waals surface area contributed by atoms with Crippen LogP contribution in [-0.2, 0) is 16.4 Å². The van der Waals surface area contributed by atoms with Gasteiger partial charge in [0.05, 0.1) is 20.6 Å². The fraction of sp³-hybridized carbons (Fsp3) is 0.136. The molecule has 1 amide bonds. The van der Waals surface area contributed by atoms with Gasteiger partial charge in [-0.2, -0.15) is 0 Å². The van der Waals surface area contributed by atoms with Crippen LogP contribution in [0.4, 0.5) is 15.8 Å². The van der Waals surface area contributed by atoms with E-state index in [1.165, 1.54) is 36.4 Å². The molecule has 5 nitrogen and oxygen atoms in total. The Morgan fingerprint density at radius 2 is 1.77 bits per heavy atom. The van der Waals surface area contributed by atoms with Crippen LogP contribution in [0, 0.1) is 5.82 Å². The third-order valence-electron chi connectivity index (χ3n) is 5.01. The van der Waals surface area contributed by atoms with E-state index in [0.717, 1.165) is 5.56 Å². The summed E-state index contributed by atoms with van der Waals surface area (Å²) in [5.74, 6) is -0.682. The van der Waals surface area contributed by atoms with E-state index in [1.807, 2.05) is 0 Å². The van der Waals surface area contributed by atoms with Crippen LogP contribution in [0.3, 0.4) is 0 Å². The van der Waals surface area contributed by atoms with Crippen LogP contribution in [0.25, 0.3) is 0 Å². The molecule has 9 heteroatoms. The van der Waals surface area contributed by atoms with Crippen LogP contribution >= 0.6 is 23.2 Å². The summed E-state index contributed by atoms with van der Waals surface area (Å²) in [7, 11) is -3.92. The highest BCUT2D eigenvalue weighted by Crippen LogP contribution is 2.33. The molecule has 0 fully saturated rings. The van der Waals surface area contributed by atoms with Gasteiger partial charge in [0.15, 0.2) is 0 Å². The van der Waals surface area contributed by atoms with Crippen molar-refractivity contribution in [2.75, 3.05) is 16.2 Å². The molecule has 4 rings (SSSR count). The molecule has 31 heavy (non-hydrogen) atoms. The molecule has 0 aromatic heterocycles. The molecule has 1 aliphatic heterocycles. The molecule has 3 aromatic carbocycles. The highest BCUT2D eigenvalue weighted by Gasteiger charge is 2.26. The molecule has 3 aromatic rings. The Bertz CT molecular complexity index is 1260. The zero-order valence-corrected chi connectivity index (χ0v) is 18.4. The summed E-state index contributed by atoms with van der Waals surface area (Å²) in [6.07, 6.45) is 1.31. The summed E-state index contributed by atoms with van der Waals surface area (Å²) in [6, 6.07) is 14.6. The Labute approximate surface area is 189 Å². The molecule has 0 bridgehead atoms. The largest absolute Gasteiger partial charge is 0.308 e. The average molecular weight is 479 g/mol. The minimum Gasteiger partial charge on any atom is -0.308 e. The van der Waals surface area contributed by atoms with Gasteiger partial charge in [-0.3, -0.25) is 9.52 Å². The molecule has 0 radical (unpaired) electrons. The smallest absolute Gasteiger partial charge is 0.261 e. The molecular formula is C22H17Cl2FN2O3S. The van der Waals surface area contributed by atoms with Gasteiger partial charge in [-0.05, 0) is 73.0 Å².